The lowest BCUT2D eigenvalue weighted by Crippen LogP contribution is -2.45. The maximum absolute atomic E-state index is 11.5. The molecule has 0 bridgehead atoms. The van der Waals surface area contributed by atoms with Crippen molar-refractivity contribution in [1.82, 2.24) is 20.2 Å². The van der Waals surface area contributed by atoms with Crippen molar-refractivity contribution >= 4 is 12.0 Å². The Morgan fingerprint density at radius 2 is 2.28 bits per heavy atom. The van der Waals surface area contributed by atoms with Crippen molar-refractivity contribution in [2.45, 2.75) is 32.4 Å². The molecular formula is C11H18N4O3. The number of carboxylic acid groups (broad SMARTS) is 1. The maximum Gasteiger partial charge on any atom is 0.326 e. The van der Waals surface area contributed by atoms with Crippen LogP contribution in [0.5, 0.6) is 0 Å². The molecule has 0 fully saturated rings. The molecule has 0 aliphatic heterocycles. The van der Waals surface area contributed by atoms with Crippen molar-refractivity contribution in [3.63, 3.8) is 0 Å². The van der Waals surface area contributed by atoms with Crippen LogP contribution in [0, 0.1) is 0 Å². The molecule has 1 aromatic rings. The van der Waals surface area contributed by atoms with E-state index in [1.807, 2.05) is 14.0 Å². The Kier molecular flexibility index (Phi) is 5.16. The number of imidazole rings is 1. The first-order chi connectivity index (χ1) is 8.54. The van der Waals surface area contributed by atoms with Crippen LogP contribution in [0.3, 0.4) is 0 Å². The average Bonchev–Trinajstić information content (AvgIpc) is 2.71. The van der Waals surface area contributed by atoms with Crippen molar-refractivity contribution in [1.29, 1.82) is 0 Å². The summed E-state index contributed by atoms with van der Waals surface area (Å²) in [6.45, 7) is 2.12. The zero-order valence-corrected chi connectivity index (χ0v) is 10.5. The van der Waals surface area contributed by atoms with Gasteiger partial charge in [-0.15, -0.1) is 0 Å². The van der Waals surface area contributed by atoms with Gasteiger partial charge >= 0.3 is 12.0 Å². The fourth-order valence-electron chi connectivity index (χ4n) is 1.48. The largest absolute Gasteiger partial charge is 0.480 e. The minimum absolute atomic E-state index is 0.258. The first-order valence-corrected chi connectivity index (χ1v) is 5.78. The van der Waals surface area contributed by atoms with Gasteiger partial charge in [0.2, 0.25) is 0 Å². The van der Waals surface area contributed by atoms with Crippen molar-refractivity contribution in [3.05, 3.63) is 18.2 Å². The Balaban J connectivity index is 2.41. The molecular weight excluding hydrogens is 236 g/mol. The van der Waals surface area contributed by atoms with Crippen LogP contribution in [-0.2, 0) is 18.4 Å². The summed E-state index contributed by atoms with van der Waals surface area (Å²) in [7, 11) is 1.82. The minimum atomic E-state index is -1.02. The summed E-state index contributed by atoms with van der Waals surface area (Å²) in [5.41, 5.74) is 0. The smallest absolute Gasteiger partial charge is 0.326 e. The van der Waals surface area contributed by atoms with Gasteiger partial charge in [-0.05, 0) is 6.42 Å². The number of carbonyl (C=O) groups is 2. The number of nitrogens with one attached hydrogen (secondary N) is 2. The van der Waals surface area contributed by atoms with E-state index in [2.05, 4.69) is 15.6 Å². The highest BCUT2D eigenvalue weighted by molar-refractivity contribution is 5.82. The number of nitrogens with zero attached hydrogens (tertiary/aromatic N) is 2. The van der Waals surface area contributed by atoms with E-state index in [1.165, 1.54) is 0 Å². The standard InChI is InChI=1S/C11H18N4O3/c1-3-4-8(10(16)17)14-11(18)13-7-9-12-5-6-15(9)2/h5-6,8H,3-4,7H2,1-2H3,(H,16,17)(H2,13,14,18)/t8-/m1/s1. The summed E-state index contributed by atoms with van der Waals surface area (Å²) in [5, 5.41) is 13.9. The molecule has 0 aromatic carbocycles. The van der Waals surface area contributed by atoms with Gasteiger partial charge in [-0.1, -0.05) is 13.3 Å². The third-order valence-electron chi connectivity index (χ3n) is 2.51. The van der Waals surface area contributed by atoms with Crippen molar-refractivity contribution in [2.75, 3.05) is 0 Å². The molecule has 7 heteroatoms. The molecule has 0 radical (unpaired) electrons. The van der Waals surface area contributed by atoms with Crippen LogP contribution in [-0.4, -0.2) is 32.7 Å². The molecule has 0 aliphatic carbocycles. The van der Waals surface area contributed by atoms with Gasteiger partial charge < -0.3 is 20.3 Å². The quantitative estimate of drug-likeness (QED) is 0.687. The second kappa shape index (κ2) is 6.63. The number of hydrogen-bond donors (Lipinski definition) is 3. The van der Waals surface area contributed by atoms with Gasteiger partial charge in [0, 0.05) is 19.4 Å². The Morgan fingerprint density at radius 1 is 1.56 bits per heavy atom. The number of amides is 2. The molecule has 1 aromatic heterocycles. The van der Waals surface area contributed by atoms with Crippen LogP contribution < -0.4 is 10.6 Å². The molecule has 0 spiro atoms. The van der Waals surface area contributed by atoms with Crippen LogP contribution in [0.25, 0.3) is 0 Å². The molecule has 2 amide bonds. The van der Waals surface area contributed by atoms with E-state index in [9.17, 15) is 9.59 Å². The number of aliphatic carboxylic acids is 1. The van der Waals surface area contributed by atoms with Gasteiger partial charge in [-0.3, -0.25) is 0 Å². The Hall–Kier alpha value is -2.05. The molecule has 1 heterocycles. The number of carbonyl (C=O) groups excluding carboxylic acids is 1. The number of urea groups is 1. The van der Waals surface area contributed by atoms with Crippen molar-refractivity contribution < 1.29 is 14.7 Å². The van der Waals surface area contributed by atoms with E-state index in [0.29, 0.717) is 18.7 Å². The molecule has 100 valence electrons. The Bertz CT molecular complexity index is 416. The molecule has 7 nitrogen and oxygen atoms in total. The third kappa shape index (κ3) is 4.08. The van der Waals surface area contributed by atoms with E-state index >= 15 is 0 Å². The van der Waals surface area contributed by atoms with Gasteiger partial charge in [0.15, 0.2) is 0 Å². The van der Waals surface area contributed by atoms with E-state index in [0.717, 1.165) is 0 Å². The van der Waals surface area contributed by atoms with Gasteiger partial charge in [-0.2, -0.15) is 0 Å². The maximum atomic E-state index is 11.5. The van der Waals surface area contributed by atoms with Crippen LogP contribution in [0.2, 0.25) is 0 Å². The van der Waals surface area contributed by atoms with Gasteiger partial charge in [0.25, 0.3) is 0 Å². The number of rotatable bonds is 6. The monoisotopic (exact) mass is 254 g/mol. The number of aromatic nitrogens is 2. The predicted molar refractivity (Wildman–Crippen MR) is 64.9 cm³/mol. The average molecular weight is 254 g/mol. The summed E-state index contributed by atoms with van der Waals surface area (Å²) >= 11 is 0. The lowest BCUT2D eigenvalue weighted by Gasteiger charge is -2.14. The minimum Gasteiger partial charge on any atom is -0.480 e. The number of hydrogen-bond acceptors (Lipinski definition) is 3. The van der Waals surface area contributed by atoms with Crippen LogP contribution in [0.15, 0.2) is 12.4 Å². The molecule has 0 aliphatic rings. The second-order valence-electron chi connectivity index (χ2n) is 3.96. The molecule has 0 saturated heterocycles. The normalized spacial score (nSPS) is 11.9. The fourth-order valence-corrected chi connectivity index (χ4v) is 1.48. The second-order valence-corrected chi connectivity index (χ2v) is 3.96. The number of aryl methyl sites for hydroxylation is 1. The number of carboxylic acids is 1. The summed E-state index contributed by atoms with van der Waals surface area (Å²) in [5.74, 6) is -0.323. The van der Waals surface area contributed by atoms with E-state index in [1.54, 1.807) is 17.0 Å². The SMILES string of the molecule is CCC[C@@H](NC(=O)NCc1nccn1C)C(=O)O. The van der Waals surface area contributed by atoms with Gasteiger partial charge in [-0.25, -0.2) is 14.6 Å². The summed E-state index contributed by atoms with van der Waals surface area (Å²) in [4.78, 5) is 26.4. The topological polar surface area (TPSA) is 96.3 Å². The predicted octanol–water partition coefficient (Wildman–Crippen LogP) is 0.473. The summed E-state index contributed by atoms with van der Waals surface area (Å²) in [6.07, 6.45) is 4.50. The molecule has 0 unspecified atom stereocenters. The van der Waals surface area contributed by atoms with E-state index in [4.69, 9.17) is 5.11 Å². The van der Waals surface area contributed by atoms with Crippen molar-refractivity contribution in [3.8, 4) is 0 Å². The van der Waals surface area contributed by atoms with E-state index in [-0.39, 0.29) is 6.54 Å². The zero-order valence-electron chi connectivity index (χ0n) is 10.5. The lowest BCUT2D eigenvalue weighted by molar-refractivity contribution is -0.139. The summed E-state index contributed by atoms with van der Waals surface area (Å²) in [6, 6.07) is -1.35. The fraction of sp³-hybridized carbons (Fsp3) is 0.545. The van der Waals surface area contributed by atoms with Gasteiger partial charge in [0.05, 0.1) is 6.54 Å². The van der Waals surface area contributed by atoms with E-state index < -0.39 is 18.0 Å². The molecule has 3 N–H and O–H groups in total. The lowest BCUT2D eigenvalue weighted by atomic mass is 10.2. The molecule has 0 saturated carbocycles. The van der Waals surface area contributed by atoms with Gasteiger partial charge in [0.1, 0.15) is 11.9 Å². The Morgan fingerprint density at radius 3 is 2.78 bits per heavy atom. The van der Waals surface area contributed by atoms with Crippen LogP contribution in [0.4, 0.5) is 4.79 Å². The highest BCUT2D eigenvalue weighted by Crippen LogP contribution is 1.97. The molecule has 1 rings (SSSR count). The highest BCUT2D eigenvalue weighted by Gasteiger charge is 2.18. The molecule has 18 heavy (non-hydrogen) atoms. The first-order valence-electron chi connectivity index (χ1n) is 5.78. The Labute approximate surface area is 105 Å². The van der Waals surface area contributed by atoms with Crippen LogP contribution >= 0.6 is 0 Å². The van der Waals surface area contributed by atoms with Crippen molar-refractivity contribution in [2.24, 2.45) is 7.05 Å². The third-order valence-corrected chi connectivity index (χ3v) is 2.51. The highest BCUT2D eigenvalue weighted by atomic mass is 16.4. The van der Waals surface area contributed by atoms with Crippen LogP contribution in [0.1, 0.15) is 25.6 Å². The zero-order chi connectivity index (χ0) is 13.5. The summed E-state index contributed by atoms with van der Waals surface area (Å²) < 4.78 is 1.78. The molecule has 1 atom stereocenters. The first kappa shape index (κ1) is 14.0.